The van der Waals surface area contributed by atoms with Crippen molar-refractivity contribution in [3.63, 3.8) is 0 Å². The highest BCUT2D eigenvalue weighted by molar-refractivity contribution is 7.86. The van der Waals surface area contributed by atoms with Crippen molar-refractivity contribution >= 4 is 15.8 Å². The minimum atomic E-state index is -6.09. The Balaban J connectivity index is 0.000000416. The molecule has 28 heavy (non-hydrogen) atoms. The molecule has 0 bridgehead atoms. The van der Waals surface area contributed by atoms with Gasteiger partial charge in [0, 0.05) is 17.7 Å². The Kier molecular flexibility index (Phi) is 7.84. The summed E-state index contributed by atoms with van der Waals surface area (Å²) >= 11 is 0. The van der Waals surface area contributed by atoms with Crippen LogP contribution in [0.1, 0.15) is 11.1 Å². The first-order valence-electron chi connectivity index (χ1n) is 7.39. The quantitative estimate of drug-likeness (QED) is 0.349. The van der Waals surface area contributed by atoms with Crippen molar-refractivity contribution in [2.45, 2.75) is 18.2 Å². The fraction of sp³-hybridized carbons (Fsp3) is 0.250. The first-order chi connectivity index (χ1) is 12.7. The van der Waals surface area contributed by atoms with Gasteiger partial charge in [-0.25, -0.2) is 8.42 Å². The lowest BCUT2D eigenvalue weighted by Gasteiger charge is -2.08. The molecule has 2 N–H and O–H groups in total. The molecule has 0 saturated carbocycles. The van der Waals surface area contributed by atoms with E-state index < -0.39 is 27.4 Å². The normalized spacial score (nSPS) is 12.1. The summed E-state index contributed by atoms with van der Waals surface area (Å²) in [4.78, 5) is 0. The van der Waals surface area contributed by atoms with Crippen LogP contribution in [-0.2, 0) is 22.8 Å². The number of alkyl halides is 6. The minimum Gasteiger partial charge on any atom is -0.741 e. The molecule has 5 nitrogen and oxygen atoms in total. The molecule has 0 aliphatic rings. The smallest absolute Gasteiger partial charge is 0.485 e. The lowest BCUT2D eigenvalue weighted by atomic mass is 10.1. The summed E-state index contributed by atoms with van der Waals surface area (Å²) in [6.45, 7) is 0.588. The van der Waals surface area contributed by atoms with E-state index in [0.717, 1.165) is 29.1 Å². The number of halogens is 6. The van der Waals surface area contributed by atoms with Gasteiger partial charge in [0.05, 0.1) is 12.7 Å². The summed E-state index contributed by atoms with van der Waals surface area (Å²) in [5.74, 6) is 0.775. The second-order valence-corrected chi connectivity index (χ2v) is 6.65. The topological polar surface area (TPSA) is 83.0 Å². The van der Waals surface area contributed by atoms with Gasteiger partial charge in [-0.3, -0.25) is 0 Å². The zero-order valence-electron chi connectivity index (χ0n) is 14.2. The molecule has 0 aliphatic heterocycles. The molecule has 0 spiro atoms. The van der Waals surface area contributed by atoms with E-state index >= 15 is 0 Å². The highest BCUT2D eigenvalue weighted by Gasteiger charge is 2.36. The lowest BCUT2D eigenvalue weighted by Crippen LogP contribution is -2.76. The molecule has 0 heterocycles. The van der Waals surface area contributed by atoms with Crippen molar-refractivity contribution < 1.29 is 49.4 Å². The van der Waals surface area contributed by atoms with Gasteiger partial charge in [0.1, 0.15) is 18.0 Å². The predicted molar refractivity (Wildman–Crippen MR) is 85.5 cm³/mol. The summed E-state index contributed by atoms with van der Waals surface area (Å²) in [5.41, 5.74) is -4.42. The van der Waals surface area contributed by atoms with Crippen LogP contribution >= 0.6 is 0 Å². The SMILES string of the molecule is COc1ccc([NH2+]Cc2ccc(C(F)(F)F)cc2)cc1.O=S(=O)([O-])C(F)(F)F. The zero-order chi connectivity index (χ0) is 21.6. The third kappa shape index (κ3) is 7.74. The molecule has 12 heteroatoms. The van der Waals surface area contributed by atoms with E-state index in [1.54, 1.807) is 7.11 Å². The molecule has 0 atom stereocenters. The van der Waals surface area contributed by atoms with Gasteiger partial charge in [0.15, 0.2) is 10.1 Å². The van der Waals surface area contributed by atoms with Crippen molar-refractivity contribution in [3.8, 4) is 5.75 Å². The average molecular weight is 431 g/mol. The molecule has 0 radical (unpaired) electrons. The van der Waals surface area contributed by atoms with Crippen molar-refractivity contribution in [2.75, 3.05) is 7.11 Å². The summed E-state index contributed by atoms with van der Waals surface area (Å²) < 4.78 is 101. The van der Waals surface area contributed by atoms with E-state index in [-0.39, 0.29) is 0 Å². The summed E-state index contributed by atoms with van der Waals surface area (Å²) in [5, 5.41) is 1.96. The number of hydrogen-bond donors (Lipinski definition) is 1. The molecule has 0 aromatic heterocycles. The fourth-order valence-electron chi connectivity index (χ4n) is 1.81. The molecular weight excluding hydrogens is 416 g/mol. The van der Waals surface area contributed by atoms with Crippen molar-refractivity contribution in [3.05, 3.63) is 59.7 Å². The van der Waals surface area contributed by atoms with E-state index in [2.05, 4.69) is 0 Å². The lowest BCUT2D eigenvalue weighted by molar-refractivity contribution is -0.588. The van der Waals surface area contributed by atoms with Crippen LogP contribution in [0.4, 0.5) is 32.0 Å². The number of benzene rings is 2. The molecule has 0 fully saturated rings. The molecule has 0 aliphatic carbocycles. The Morgan fingerprint density at radius 2 is 1.39 bits per heavy atom. The van der Waals surface area contributed by atoms with Crippen molar-refractivity contribution in [2.24, 2.45) is 0 Å². The highest BCUT2D eigenvalue weighted by atomic mass is 32.2. The van der Waals surface area contributed by atoms with Gasteiger partial charge in [0.25, 0.3) is 0 Å². The van der Waals surface area contributed by atoms with E-state index in [1.165, 1.54) is 12.1 Å². The summed E-state index contributed by atoms with van der Waals surface area (Å²) in [6.07, 6.45) is -4.28. The van der Waals surface area contributed by atoms with Crippen LogP contribution in [0.3, 0.4) is 0 Å². The Hall–Kier alpha value is -2.31. The summed E-state index contributed by atoms with van der Waals surface area (Å²) in [7, 11) is -4.49. The van der Waals surface area contributed by atoms with Gasteiger partial charge in [-0.05, 0) is 24.3 Å². The van der Waals surface area contributed by atoms with Crippen LogP contribution < -0.4 is 10.1 Å². The highest BCUT2D eigenvalue weighted by Crippen LogP contribution is 2.29. The predicted octanol–water partition coefficient (Wildman–Crippen LogP) is 3.16. The summed E-state index contributed by atoms with van der Waals surface area (Å²) in [6, 6.07) is 12.7. The van der Waals surface area contributed by atoms with E-state index in [0.29, 0.717) is 6.54 Å². The monoisotopic (exact) mass is 431 g/mol. The third-order valence-electron chi connectivity index (χ3n) is 3.25. The van der Waals surface area contributed by atoms with Gasteiger partial charge in [0.2, 0.25) is 0 Å². The average Bonchev–Trinajstić information content (AvgIpc) is 2.59. The zero-order valence-corrected chi connectivity index (χ0v) is 15.0. The van der Waals surface area contributed by atoms with Crippen LogP contribution in [0.25, 0.3) is 0 Å². The maximum atomic E-state index is 12.4. The largest absolute Gasteiger partial charge is 0.741 e. The van der Waals surface area contributed by atoms with Crippen molar-refractivity contribution in [1.29, 1.82) is 0 Å². The number of ether oxygens (including phenoxy) is 1. The Morgan fingerprint density at radius 3 is 1.75 bits per heavy atom. The number of quaternary nitrogens is 1. The van der Waals surface area contributed by atoms with Crippen LogP contribution in [-0.4, -0.2) is 25.6 Å². The van der Waals surface area contributed by atoms with Crippen molar-refractivity contribution in [1.82, 2.24) is 0 Å². The van der Waals surface area contributed by atoms with Gasteiger partial charge in [-0.15, -0.1) is 0 Å². The number of hydrogen-bond acceptors (Lipinski definition) is 4. The standard InChI is InChI=1S/C15H14F3NO.CHF3O3S/c1-20-14-8-6-13(7-9-14)19-10-11-2-4-12(5-3-11)15(16,17)18;2-1(3,4)8(5,6)7/h2-9,19H,10H2,1H3;(H,5,6,7). The van der Waals surface area contributed by atoms with Gasteiger partial charge < -0.3 is 14.6 Å². The Labute approximate surface area is 156 Å². The second kappa shape index (κ2) is 9.26. The maximum absolute atomic E-state index is 12.4. The van der Waals surface area contributed by atoms with E-state index in [1.807, 2.05) is 29.6 Å². The second-order valence-electron chi connectivity index (χ2n) is 5.28. The van der Waals surface area contributed by atoms with Crippen LogP contribution in [0.2, 0.25) is 0 Å². The third-order valence-corrected chi connectivity index (χ3v) is 3.82. The number of methoxy groups -OCH3 is 1. The minimum absolute atomic E-state index is 0.588. The van der Waals surface area contributed by atoms with Crippen LogP contribution in [0.5, 0.6) is 5.75 Å². The molecule has 2 rings (SSSR count). The van der Waals surface area contributed by atoms with E-state index in [9.17, 15) is 26.3 Å². The molecule has 0 saturated heterocycles. The van der Waals surface area contributed by atoms with Gasteiger partial charge >= 0.3 is 11.7 Å². The Morgan fingerprint density at radius 1 is 0.929 bits per heavy atom. The molecule has 2 aromatic rings. The molecule has 156 valence electrons. The first kappa shape index (κ1) is 23.7. The molecule has 0 unspecified atom stereocenters. The van der Waals surface area contributed by atoms with Crippen LogP contribution in [0.15, 0.2) is 48.5 Å². The fourth-order valence-corrected chi connectivity index (χ4v) is 1.81. The van der Waals surface area contributed by atoms with E-state index in [4.69, 9.17) is 17.7 Å². The van der Waals surface area contributed by atoms with Gasteiger partial charge in [-0.1, -0.05) is 12.1 Å². The number of nitrogens with two attached hydrogens (primary N) is 1. The van der Waals surface area contributed by atoms with Crippen LogP contribution in [0, 0.1) is 0 Å². The number of rotatable bonds is 4. The Bertz CT molecular complexity index is 847. The molecule has 2 aromatic carbocycles. The molecule has 0 amide bonds. The van der Waals surface area contributed by atoms with Gasteiger partial charge in [-0.2, -0.15) is 26.3 Å². The first-order valence-corrected chi connectivity index (χ1v) is 8.80. The molecular formula is C16H15F6NO4S. The maximum Gasteiger partial charge on any atom is 0.485 e.